The average Bonchev–Trinajstić information content (AvgIpc) is 3.29. The summed E-state index contributed by atoms with van der Waals surface area (Å²) in [7, 11) is 0. The van der Waals surface area contributed by atoms with Crippen molar-refractivity contribution in [2.75, 3.05) is 32.7 Å². The summed E-state index contributed by atoms with van der Waals surface area (Å²) in [4.78, 5) is 16.9. The first-order valence-electron chi connectivity index (χ1n) is 14.7. The van der Waals surface area contributed by atoms with E-state index in [-0.39, 0.29) is 17.7 Å². The molecule has 3 fully saturated rings. The van der Waals surface area contributed by atoms with Gasteiger partial charge in [-0.25, -0.2) is 13.2 Å². The number of hydrogen-bond donors (Lipinski definition) is 1. The van der Waals surface area contributed by atoms with Crippen LogP contribution in [0.2, 0.25) is 0 Å². The molecule has 1 N–H and O–H groups in total. The van der Waals surface area contributed by atoms with Gasteiger partial charge >= 0.3 is 5.97 Å². The van der Waals surface area contributed by atoms with Crippen LogP contribution in [-0.2, 0) is 11.2 Å². The van der Waals surface area contributed by atoms with Crippen LogP contribution in [0, 0.1) is 35.2 Å². The molecule has 2 aromatic carbocycles. The molecule has 2 heterocycles. The van der Waals surface area contributed by atoms with Crippen LogP contribution in [0.1, 0.15) is 68.4 Å². The van der Waals surface area contributed by atoms with Gasteiger partial charge in [0.25, 0.3) is 0 Å². The molecule has 212 valence electrons. The maximum absolute atomic E-state index is 14.2. The molecule has 0 unspecified atom stereocenters. The molecule has 2 aromatic rings. The Kier molecular flexibility index (Phi) is 9.28. The fourth-order valence-electron chi connectivity index (χ4n) is 6.99. The van der Waals surface area contributed by atoms with Crippen LogP contribution in [0.5, 0.6) is 0 Å². The van der Waals surface area contributed by atoms with Gasteiger partial charge in [-0.1, -0.05) is 43.9 Å². The predicted molar refractivity (Wildman–Crippen MR) is 146 cm³/mol. The number of carboxylic acids is 1. The van der Waals surface area contributed by atoms with E-state index in [1.807, 2.05) is 6.07 Å². The Balaban J connectivity index is 1.16. The number of benzene rings is 2. The molecule has 7 heteroatoms. The molecule has 1 saturated carbocycles. The van der Waals surface area contributed by atoms with Crippen molar-refractivity contribution in [3.8, 4) is 0 Å². The zero-order valence-electron chi connectivity index (χ0n) is 22.7. The maximum atomic E-state index is 14.2. The van der Waals surface area contributed by atoms with Crippen LogP contribution in [-0.4, -0.2) is 59.6 Å². The number of halogens is 3. The molecule has 3 atom stereocenters. The molecule has 2 aliphatic heterocycles. The average molecular weight is 543 g/mol. The molecule has 39 heavy (non-hydrogen) atoms. The minimum Gasteiger partial charge on any atom is -0.480 e. The minimum atomic E-state index is -0.798. The maximum Gasteiger partial charge on any atom is 0.320 e. The standard InChI is InChI=1S/C32H41F3N2O2/c33-27-9-3-8-25(18-27)28-21-37(31(32(38)39)17-23-5-2-6-23)20-26(28)19-36-14-12-22(13-15-36)4-1-7-24-10-11-29(34)30(35)16-24/h3,8-11,16,18,22-23,26,28,31H,1-2,4-7,12-15,17,19-21H2,(H,38,39)/t26-,28+,31+/m0/s1. The summed E-state index contributed by atoms with van der Waals surface area (Å²) in [5.41, 5.74) is 1.82. The predicted octanol–water partition coefficient (Wildman–Crippen LogP) is 6.50. The number of carbonyl (C=O) groups is 1. The van der Waals surface area contributed by atoms with Crippen LogP contribution in [0.3, 0.4) is 0 Å². The van der Waals surface area contributed by atoms with Gasteiger partial charge in [0, 0.05) is 25.6 Å². The second-order valence-corrected chi connectivity index (χ2v) is 12.1. The highest BCUT2D eigenvalue weighted by Crippen LogP contribution is 2.38. The third-order valence-electron chi connectivity index (χ3n) is 9.51. The van der Waals surface area contributed by atoms with Gasteiger partial charge in [-0.2, -0.15) is 0 Å². The number of likely N-dealkylation sites (tertiary alicyclic amines) is 2. The van der Waals surface area contributed by atoms with Crippen molar-refractivity contribution in [2.24, 2.45) is 17.8 Å². The Labute approximate surface area is 230 Å². The first-order chi connectivity index (χ1) is 18.9. The van der Waals surface area contributed by atoms with Crippen molar-refractivity contribution >= 4 is 5.97 Å². The second kappa shape index (κ2) is 12.9. The highest BCUT2D eigenvalue weighted by molar-refractivity contribution is 5.73. The molecule has 1 aliphatic carbocycles. The summed E-state index contributed by atoms with van der Waals surface area (Å²) in [6.07, 6.45) is 9.20. The number of nitrogens with zero attached hydrogens (tertiary/aromatic N) is 2. The van der Waals surface area contributed by atoms with E-state index in [9.17, 15) is 23.1 Å². The molecule has 0 spiro atoms. The highest BCUT2D eigenvalue weighted by atomic mass is 19.2. The van der Waals surface area contributed by atoms with E-state index in [1.54, 1.807) is 18.2 Å². The van der Waals surface area contributed by atoms with Gasteiger partial charge in [-0.15, -0.1) is 0 Å². The summed E-state index contributed by atoms with van der Waals surface area (Å²) in [6, 6.07) is 10.6. The SMILES string of the molecule is O=C(O)[C@@H](CC1CCC1)N1C[C@H](CN2CCC(CCCc3ccc(F)c(F)c3)CC2)[C@@H](c2cccc(F)c2)C1. The summed E-state index contributed by atoms with van der Waals surface area (Å²) in [6.45, 7) is 4.31. The monoisotopic (exact) mass is 542 g/mol. The molecule has 3 aliphatic rings. The smallest absolute Gasteiger partial charge is 0.320 e. The molecule has 0 aromatic heterocycles. The Morgan fingerprint density at radius 3 is 2.41 bits per heavy atom. The van der Waals surface area contributed by atoms with E-state index in [1.165, 1.54) is 24.6 Å². The Morgan fingerprint density at radius 1 is 0.949 bits per heavy atom. The fourth-order valence-corrected chi connectivity index (χ4v) is 6.99. The van der Waals surface area contributed by atoms with Crippen molar-refractivity contribution < 1.29 is 23.1 Å². The third-order valence-corrected chi connectivity index (χ3v) is 9.51. The van der Waals surface area contributed by atoms with E-state index < -0.39 is 23.6 Å². The Morgan fingerprint density at radius 2 is 1.74 bits per heavy atom. The van der Waals surface area contributed by atoms with Gasteiger partial charge in [-0.05, 0) is 98.3 Å². The second-order valence-electron chi connectivity index (χ2n) is 12.1. The molecular formula is C32H41F3N2O2. The van der Waals surface area contributed by atoms with E-state index in [0.29, 0.717) is 24.8 Å². The molecule has 2 saturated heterocycles. The lowest BCUT2D eigenvalue weighted by Crippen LogP contribution is -2.43. The topological polar surface area (TPSA) is 43.8 Å². The number of aliphatic carboxylic acids is 1. The molecule has 0 bridgehead atoms. The number of aryl methyl sites for hydroxylation is 1. The third kappa shape index (κ3) is 7.23. The lowest BCUT2D eigenvalue weighted by atomic mass is 9.80. The van der Waals surface area contributed by atoms with Crippen molar-refractivity contribution in [1.29, 1.82) is 0 Å². The fraction of sp³-hybridized carbons (Fsp3) is 0.594. The van der Waals surface area contributed by atoms with Crippen LogP contribution < -0.4 is 0 Å². The number of carboxylic acid groups (broad SMARTS) is 1. The van der Waals surface area contributed by atoms with Gasteiger partial charge in [0.15, 0.2) is 11.6 Å². The molecule has 4 nitrogen and oxygen atoms in total. The quantitative estimate of drug-likeness (QED) is 0.352. The van der Waals surface area contributed by atoms with E-state index in [0.717, 1.165) is 82.3 Å². The molecule has 5 rings (SSSR count). The normalized spacial score (nSPS) is 24.1. The van der Waals surface area contributed by atoms with Gasteiger partial charge in [0.1, 0.15) is 11.9 Å². The number of hydrogen-bond acceptors (Lipinski definition) is 3. The van der Waals surface area contributed by atoms with Crippen LogP contribution in [0.4, 0.5) is 13.2 Å². The van der Waals surface area contributed by atoms with Crippen LogP contribution in [0.25, 0.3) is 0 Å². The first-order valence-corrected chi connectivity index (χ1v) is 14.7. The van der Waals surface area contributed by atoms with E-state index in [4.69, 9.17) is 0 Å². The van der Waals surface area contributed by atoms with Crippen LogP contribution >= 0.6 is 0 Å². The minimum absolute atomic E-state index is 0.123. The summed E-state index contributed by atoms with van der Waals surface area (Å²) in [5.74, 6) is -1.02. The lowest BCUT2D eigenvalue weighted by Gasteiger charge is -2.35. The molecule has 0 amide bonds. The van der Waals surface area contributed by atoms with Crippen molar-refractivity contribution in [3.63, 3.8) is 0 Å². The van der Waals surface area contributed by atoms with Gasteiger partial charge in [0.2, 0.25) is 0 Å². The summed E-state index contributed by atoms with van der Waals surface area (Å²) >= 11 is 0. The zero-order chi connectivity index (χ0) is 27.4. The van der Waals surface area contributed by atoms with Gasteiger partial charge in [0.05, 0.1) is 0 Å². The molecular weight excluding hydrogens is 501 g/mol. The van der Waals surface area contributed by atoms with E-state index in [2.05, 4.69) is 9.80 Å². The number of piperidine rings is 1. The zero-order valence-corrected chi connectivity index (χ0v) is 22.7. The Hall–Kier alpha value is -2.38. The largest absolute Gasteiger partial charge is 0.480 e. The van der Waals surface area contributed by atoms with Crippen molar-refractivity contribution in [2.45, 2.75) is 69.7 Å². The summed E-state index contributed by atoms with van der Waals surface area (Å²) < 4.78 is 40.8. The van der Waals surface area contributed by atoms with Crippen LogP contribution in [0.15, 0.2) is 42.5 Å². The van der Waals surface area contributed by atoms with Crippen molar-refractivity contribution in [3.05, 3.63) is 71.0 Å². The number of rotatable bonds is 11. The lowest BCUT2D eigenvalue weighted by molar-refractivity contribution is -0.144. The first kappa shape index (κ1) is 28.2. The molecule has 0 radical (unpaired) electrons. The van der Waals surface area contributed by atoms with E-state index >= 15 is 0 Å². The highest BCUT2D eigenvalue weighted by Gasteiger charge is 2.41. The van der Waals surface area contributed by atoms with Gasteiger partial charge in [-0.3, -0.25) is 9.69 Å². The van der Waals surface area contributed by atoms with Gasteiger partial charge < -0.3 is 10.0 Å². The van der Waals surface area contributed by atoms with Crippen molar-refractivity contribution in [1.82, 2.24) is 9.80 Å². The summed E-state index contributed by atoms with van der Waals surface area (Å²) in [5, 5.41) is 10.1. The Bertz CT molecular complexity index is 1120.